The van der Waals surface area contributed by atoms with Crippen molar-refractivity contribution in [1.29, 1.82) is 0 Å². The van der Waals surface area contributed by atoms with Gasteiger partial charge in [-0.3, -0.25) is 15.0 Å². The molecule has 2 N–H and O–H groups in total. The largest absolute Gasteiger partial charge is 0.450 e. The Morgan fingerprint density at radius 3 is 2.89 bits per heavy atom. The summed E-state index contributed by atoms with van der Waals surface area (Å²) >= 11 is 0. The highest BCUT2D eigenvalue weighted by molar-refractivity contribution is 5.92. The summed E-state index contributed by atoms with van der Waals surface area (Å²) in [7, 11) is 1.94. The second-order valence-electron chi connectivity index (χ2n) is 4.57. The number of nitrogens with one attached hydrogen (secondary N) is 2. The number of piperidine rings is 1. The summed E-state index contributed by atoms with van der Waals surface area (Å²) in [5.41, 5.74) is 0. The van der Waals surface area contributed by atoms with Crippen molar-refractivity contribution in [3.63, 3.8) is 0 Å². The van der Waals surface area contributed by atoms with Crippen molar-refractivity contribution < 1.29 is 14.3 Å². The minimum absolute atomic E-state index is 0.263. The zero-order chi connectivity index (χ0) is 13.4. The molecule has 1 unspecified atom stereocenters. The Morgan fingerprint density at radius 2 is 2.22 bits per heavy atom. The third-order valence-electron chi connectivity index (χ3n) is 2.98. The van der Waals surface area contributed by atoms with Gasteiger partial charge in [-0.25, -0.2) is 4.79 Å². The van der Waals surface area contributed by atoms with Gasteiger partial charge in [0.15, 0.2) is 0 Å². The molecule has 0 aromatic carbocycles. The molecule has 6 nitrogen and oxygen atoms in total. The van der Waals surface area contributed by atoms with Gasteiger partial charge in [0.05, 0.1) is 13.2 Å². The molecule has 18 heavy (non-hydrogen) atoms. The van der Waals surface area contributed by atoms with Gasteiger partial charge in [0.2, 0.25) is 5.91 Å². The highest BCUT2D eigenvalue weighted by atomic mass is 16.5. The van der Waals surface area contributed by atoms with Crippen LogP contribution in [0.15, 0.2) is 0 Å². The number of carbonyl (C=O) groups is 2. The minimum Gasteiger partial charge on any atom is -0.450 e. The van der Waals surface area contributed by atoms with Crippen molar-refractivity contribution in [2.75, 3.05) is 39.8 Å². The molecule has 2 amide bonds. The number of hydrogen-bond donors (Lipinski definition) is 2. The maximum atomic E-state index is 11.6. The van der Waals surface area contributed by atoms with Crippen LogP contribution in [0.25, 0.3) is 0 Å². The van der Waals surface area contributed by atoms with E-state index in [0.717, 1.165) is 26.1 Å². The highest BCUT2D eigenvalue weighted by Crippen LogP contribution is 2.15. The van der Waals surface area contributed by atoms with Crippen LogP contribution in [0.1, 0.15) is 19.8 Å². The highest BCUT2D eigenvalue weighted by Gasteiger charge is 2.21. The lowest BCUT2D eigenvalue weighted by atomic mass is 9.98. The van der Waals surface area contributed by atoms with Crippen molar-refractivity contribution in [1.82, 2.24) is 15.5 Å². The normalized spacial score (nSPS) is 20.4. The number of ether oxygens (including phenoxy) is 1. The zero-order valence-corrected chi connectivity index (χ0v) is 11.2. The van der Waals surface area contributed by atoms with Crippen molar-refractivity contribution >= 4 is 12.0 Å². The maximum absolute atomic E-state index is 11.6. The Hall–Kier alpha value is -1.14. The maximum Gasteiger partial charge on any atom is 0.413 e. The lowest BCUT2D eigenvalue weighted by Crippen LogP contribution is -2.45. The van der Waals surface area contributed by atoms with Gasteiger partial charge in [0.1, 0.15) is 0 Å². The van der Waals surface area contributed by atoms with Gasteiger partial charge in [-0.1, -0.05) is 0 Å². The molecule has 1 fully saturated rings. The van der Waals surface area contributed by atoms with E-state index in [0.29, 0.717) is 5.92 Å². The molecule has 0 aromatic heterocycles. The number of alkyl carbamates (subject to hydrolysis) is 1. The number of imide groups is 1. The molecule has 1 rings (SSSR count). The van der Waals surface area contributed by atoms with Crippen LogP contribution in [0, 0.1) is 5.92 Å². The van der Waals surface area contributed by atoms with E-state index in [1.807, 2.05) is 7.05 Å². The Bertz CT molecular complexity index is 282. The Morgan fingerprint density at radius 1 is 1.44 bits per heavy atom. The molecule has 0 radical (unpaired) electrons. The fraction of sp³-hybridized carbons (Fsp3) is 0.833. The summed E-state index contributed by atoms with van der Waals surface area (Å²) in [5.74, 6) is 0.290. The van der Waals surface area contributed by atoms with Gasteiger partial charge in [-0.15, -0.1) is 0 Å². The summed E-state index contributed by atoms with van der Waals surface area (Å²) in [6.07, 6.45) is 1.63. The predicted octanol–water partition coefficient (Wildman–Crippen LogP) is 0.191. The third-order valence-corrected chi connectivity index (χ3v) is 2.98. The molecular formula is C12H23N3O3. The van der Waals surface area contributed by atoms with Crippen LogP contribution in [0.2, 0.25) is 0 Å². The molecule has 0 aromatic rings. The van der Waals surface area contributed by atoms with Crippen LogP contribution in [0.3, 0.4) is 0 Å². The minimum atomic E-state index is -0.661. The van der Waals surface area contributed by atoms with E-state index in [2.05, 4.69) is 20.3 Å². The predicted molar refractivity (Wildman–Crippen MR) is 68.3 cm³/mol. The first-order valence-corrected chi connectivity index (χ1v) is 6.49. The molecule has 0 saturated carbocycles. The summed E-state index contributed by atoms with van der Waals surface area (Å²) in [4.78, 5) is 24.8. The summed E-state index contributed by atoms with van der Waals surface area (Å²) < 4.78 is 4.66. The Labute approximate surface area is 108 Å². The molecular weight excluding hydrogens is 234 g/mol. The molecule has 1 aliphatic rings. The van der Waals surface area contributed by atoms with Crippen LogP contribution in [0.5, 0.6) is 0 Å². The molecule has 0 bridgehead atoms. The number of amides is 2. The van der Waals surface area contributed by atoms with E-state index in [1.165, 1.54) is 6.42 Å². The van der Waals surface area contributed by atoms with Crippen LogP contribution in [-0.4, -0.2) is 56.7 Å². The summed E-state index contributed by atoms with van der Waals surface area (Å²) in [6.45, 7) is 5.02. The van der Waals surface area contributed by atoms with Crippen LogP contribution in [-0.2, 0) is 9.53 Å². The van der Waals surface area contributed by atoms with Gasteiger partial charge in [0.25, 0.3) is 0 Å². The smallest absolute Gasteiger partial charge is 0.413 e. The number of rotatable bonds is 5. The number of carbonyl (C=O) groups excluding carboxylic acids is 2. The standard InChI is InChI=1S/C12H23N3O3/c1-3-18-12(17)14-11(16)9-15-6-4-5-10(8-15)7-13-2/h10,13H,3-9H2,1-2H3,(H,14,16,17). The van der Waals surface area contributed by atoms with Crippen molar-refractivity contribution in [2.24, 2.45) is 5.92 Å². The fourth-order valence-electron chi connectivity index (χ4n) is 2.27. The molecule has 1 atom stereocenters. The summed E-state index contributed by atoms with van der Waals surface area (Å²) in [5, 5.41) is 5.38. The quantitative estimate of drug-likeness (QED) is 0.736. The van der Waals surface area contributed by atoms with E-state index < -0.39 is 6.09 Å². The molecule has 1 aliphatic heterocycles. The van der Waals surface area contributed by atoms with Gasteiger partial charge >= 0.3 is 6.09 Å². The van der Waals surface area contributed by atoms with E-state index in [9.17, 15) is 9.59 Å². The average Bonchev–Trinajstić information content (AvgIpc) is 2.29. The topological polar surface area (TPSA) is 70.7 Å². The third kappa shape index (κ3) is 5.46. The zero-order valence-electron chi connectivity index (χ0n) is 11.2. The van der Waals surface area contributed by atoms with Crippen molar-refractivity contribution in [3.8, 4) is 0 Å². The molecule has 104 valence electrons. The van der Waals surface area contributed by atoms with E-state index in [4.69, 9.17) is 0 Å². The van der Waals surface area contributed by atoms with Crippen LogP contribution < -0.4 is 10.6 Å². The second kappa shape index (κ2) is 8.05. The molecule has 6 heteroatoms. The SMILES string of the molecule is CCOC(=O)NC(=O)CN1CCCC(CNC)C1. The Balaban J connectivity index is 2.28. The lowest BCUT2D eigenvalue weighted by Gasteiger charge is -2.31. The number of nitrogens with zero attached hydrogens (tertiary/aromatic N) is 1. The first kappa shape index (κ1) is 14.9. The van der Waals surface area contributed by atoms with E-state index in [-0.39, 0.29) is 19.1 Å². The average molecular weight is 257 g/mol. The van der Waals surface area contributed by atoms with E-state index >= 15 is 0 Å². The monoisotopic (exact) mass is 257 g/mol. The van der Waals surface area contributed by atoms with E-state index in [1.54, 1.807) is 6.92 Å². The van der Waals surface area contributed by atoms with Gasteiger partial charge in [-0.2, -0.15) is 0 Å². The molecule has 0 spiro atoms. The van der Waals surface area contributed by atoms with Crippen LogP contribution in [0.4, 0.5) is 4.79 Å². The fourth-order valence-corrected chi connectivity index (χ4v) is 2.27. The second-order valence-corrected chi connectivity index (χ2v) is 4.57. The first-order chi connectivity index (χ1) is 8.65. The molecule has 1 saturated heterocycles. The number of likely N-dealkylation sites (tertiary alicyclic amines) is 1. The van der Waals surface area contributed by atoms with Gasteiger partial charge < -0.3 is 10.1 Å². The molecule has 1 heterocycles. The van der Waals surface area contributed by atoms with Crippen LogP contribution >= 0.6 is 0 Å². The Kier molecular flexibility index (Phi) is 6.67. The summed E-state index contributed by atoms with van der Waals surface area (Å²) in [6, 6.07) is 0. The lowest BCUT2D eigenvalue weighted by molar-refractivity contribution is -0.122. The van der Waals surface area contributed by atoms with Crippen molar-refractivity contribution in [2.45, 2.75) is 19.8 Å². The van der Waals surface area contributed by atoms with Crippen molar-refractivity contribution in [3.05, 3.63) is 0 Å². The first-order valence-electron chi connectivity index (χ1n) is 6.49. The molecule has 0 aliphatic carbocycles. The number of hydrogen-bond acceptors (Lipinski definition) is 5. The van der Waals surface area contributed by atoms with Gasteiger partial charge in [0, 0.05) is 6.54 Å². The van der Waals surface area contributed by atoms with Gasteiger partial charge in [-0.05, 0) is 45.8 Å².